The molecule has 0 rings (SSSR count). The van der Waals surface area contributed by atoms with Gasteiger partial charge in [0.2, 0.25) is 5.91 Å². The van der Waals surface area contributed by atoms with Gasteiger partial charge in [0, 0.05) is 0 Å². The van der Waals surface area contributed by atoms with Crippen LogP contribution >= 0.6 is 0 Å². The number of rotatable bonds is 56. The fraction of sp³-hybridized carbons (Fsp3) is 0.887. The Kier molecular flexibility index (Phi) is 55.2. The fourth-order valence-corrected chi connectivity index (χ4v) is 9.54. The molecule has 0 aromatic heterocycles. The number of nitrogens with one attached hydrogen (secondary N) is 1. The third kappa shape index (κ3) is 49.5. The van der Waals surface area contributed by atoms with Crippen LogP contribution in [-0.4, -0.2) is 57.3 Å². The molecule has 4 unspecified atom stereocenters. The van der Waals surface area contributed by atoms with Gasteiger partial charge in [0.25, 0.3) is 0 Å². The van der Waals surface area contributed by atoms with Gasteiger partial charge < -0.3 is 25.7 Å². The lowest BCUT2D eigenvalue weighted by molar-refractivity contribution is -0.132. The monoisotopic (exact) mass is 958 g/mol. The van der Waals surface area contributed by atoms with Crippen LogP contribution in [0.15, 0.2) is 36.5 Å². The highest BCUT2D eigenvalue weighted by atomic mass is 16.3. The number of unbranched alkanes of at least 4 members (excludes halogenated alkanes) is 41. The topological polar surface area (TPSA) is 110 Å². The van der Waals surface area contributed by atoms with Crippen molar-refractivity contribution in [1.29, 1.82) is 0 Å². The lowest BCUT2D eigenvalue weighted by atomic mass is 10.00. The van der Waals surface area contributed by atoms with Gasteiger partial charge in [0.15, 0.2) is 0 Å². The average Bonchev–Trinajstić information content (AvgIpc) is 3.34. The van der Waals surface area contributed by atoms with Crippen LogP contribution in [0.3, 0.4) is 0 Å². The van der Waals surface area contributed by atoms with E-state index >= 15 is 0 Å². The van der Waals surface area contributed by atoms with Gasteiger partial charge in [-0.15, -0.1) is 0 Å². The molecule has 0 fully saturated rings. The first-order valence-electron chi connectivity index (χ1n) is 30.4. The van der Waals surface area contributed by atoms with Gasteiger partial charge in [-0.1, -0.05) is 281 Å². The highest BCUT2D eigenvalue weighted by molar-refractivity contribution is 5.80. The van der Waals surface area contributed by atoms with Crippen LogP contribution in [-0.2, 0) is 4.79 Å². The Bertz CT molecular complexity index is 1080. The molecule has 0 saturated heterocycles. The van der Waals surface area contributed by atoms with Crippen molar-refractivity contribution in [2.75, 3.05) is 6.61 Å². The van der Waals surface area contributed by atoms with Crippen molar-refractivity contribution in [2.45, 2.75) is 346 Å². The standard InChI is InChI=1S/C62H119NO5/c1-3-5-7-9-11-13-15-17-19-21-23-25-27-28-29-30-31-32-34-36-38-40-42-44-46-48-50-52-54-56-60(66)62(68)63-58(57-64)61(67)59(65)55-53-51-49-47-45-43-41-39-37-35-33-26-24-22-20-18-16-14-12-10-8-6-4-2/h28-29,39,41,47,49,58-61,64-67H,3-27,30-38,40,42-46,48,50-57H2,1-2H3,(H,63,68)/b29-28-,41-39+,49-47+. The maximum Gasteiger partial charge on any atom is 0.249 e. The average molecular weight is 959 g/mol. The van der Waals surface area contributed by atoms with Crippen LogP contribution in [0.25, 0.3) is 0 Å². The molecule has 0 aliphatic carbocycles. The van der Waals surface area contributed by atoms with E-state index in [2.05, 4.69) is 55.6 Å². The molecule has 4 atom stereocenters. The largest absolute Gasteiger partial charge is 0.394 e. The Morgan fingerprint density at radius 3 is 0.926 bits per heavy atom. The van der Waals surface area contributed by atoms with Gasteiger partial charge in [-0.05, 0) is 77.0 Å². The number of hydrogen-bond donors (Lipinski definition) is 5. The zero-order valence-electron chi connectivity index (χ0n) is 45.6. The van der Waals surface area contributed by atoms with Crippen LogP contribution in [0.1, 0.15) is 322 Å². The Morgan fingerprint density at radius 1 is 0.353 bits per heavy atom. The van der Waals surface area contributed by atoms with E-state index in [0.717, 1.165) is 38.5 Å². The summed E-state index contributed by atoms with van der Waals surface area (Å²) in [5.41, 5.74) is 0. The molecular weight excluding hydrogens is 839 g/mol. The van der Waals surface area contributed by atoms with Crippen molar-refractivity contribution >= 4 is 5.91 Å². The number of aliphatic hydroxyl groups excluding tert-OH is 4. The summed E-state index contributed by atoms with van der Waals surface area (Å²) in [7, 11) is 0. The van der Waals surface area contributed by atoms with Gasteiger partial charge in [-0.25, -0.2) is 0 Å². The Balaban J connectivity index is 3.64. The number of aliphatic hydroxyl groups is 4. The lowest BCUT2D eigenvalue weighted by Crippen LogP contribution is -2.53. The first-order valence-corrected chi connectivity index (χ1v) is 30.4. The van der Waals surface area contributed by atoms with Gasteiger partial charge in [-0.3, -0.25) is 4.79 Å². The molecular formula is C62H119NO5. The van der Waals surface area contributed by atoms with Crippen molar-refractivity contribution < 1.29 is 25.2 Å². The quantitative estimate of drug-likeness (QED) is 0.0308. The fourth-order valence-electron chi connectivity index (χ4n) is 9.54. The Labute approximate surface area is 424 Å². The van der Waals surface area contributed by atoms with Crippen LogP contribution in [0.5, 0.6) is 0 Å². The summed E-state index contributed by atoms with van der Waals surface area (Å²) in [4.78, 5) is 12.6. The molecule has 0 aliphatic rings. The molecule has 0 radical (unpaired) electrons. The van der Waals surface area contributed by atoms with E-state index in [1.807, 2.05) is 0 Å². The van der Waals surface area contributed by atoms with Gasteiger partial charge in [-0.2, -0.15) is 0 Å². The molecule has 0 aliphatic heterocycles. The number of carbonyl (C=O) groups is 1. The molecule has 0 aromatic rings. The smallest absolute Gasteiger partial charge is 0.249 e. The van der Waals surface area contributed by atoms with E-state index in [1.165, 1.54) is 250 Å². The Hall–Kier alpha value is -1.47. The summed E-state index contributed by atoms with van der Waals surface area (Å²) in [5.74, 6) is -0.594. The zero-order chi connectivity index (χ0) is 49.5. The highest BCUT2D eigenvalue weighted by Gasteiger charge is 2.28. The van der Waals surface area contributed by atoms with Crippen LogP contribution in [0.4, 0.5) is 0 Å². The summed E-state index contributed by atoms with van der Waals surface area (Å²) >= 11 is 0. The first-order chi connectivity index (χ1) is 33.5. The van der Waals surface area contributed by atoms with Crippen molar-refractivity contribution in [3.8, 4) is 0 Å². The second-order valence-corrected chi connectivity index (χ2v) is 21.0. The molecule has 0 aromatic carbocycles. The predicted molar refractivity (Wildman–Crippen MR) is 297 cm³/mol. The summed E-state index contributed by atoms with van der Waals surface area (Å²) < 4.78 is 0. The molecule has 0 heterocycles. The van der Waals surface area contributed by atoms with E-state index in [0.29, 0.717) is 19.3 Å². The maximum atomic E-state index is 12.6. The summed E-state index contributed by atoms with van der Waals surface area (Å²) in [6.45, 7) is 4.08. The van der Waals surface area contributed by atoms with Crippen LogP contribution < -0.4 is 5.32 Å². The molecule has 0 spiro atoms. The first kappa shape index (κ1) is 66.5. The highest BCUT2D eigenvalue weighted by Crippen LogP contribution is 2.18. The van der Waals surface area contributed by atoms with E-state index in [4.69, 9.17) is 0 Å². The second kappa shape index (κ2) is 56.4. The minimum atomic E-state index is -1.29. The van der Waals surface area contributed by atoms with Crippen molar-refractivity contribution in [3.05, 3.63) is 36.5 Å². The minimum absolute atomic E-state index is 0.361. The van der Waals surface area contributed by atoms with Gasteiger partial charge in [0.05, 0.1) is 18.8 Å². The van der Waals surface area contributed by atoms with Crippen LogP contribution in [0.2, 0.25) is 0 Å². The van der Waals surface area contributed by atoms with Gasteiger partial charge in [0.1, 0.15) is 12.2 Å². The lowest BCUT2D eigenvalue weighted by Gasteiger charge is -2.27. The van der Waals surface area contributed by atoms with E-state index in [9.17, 15) is 25.2 Å². The van der Waals surface area contributed by atoms with E-state index < -0.39 is 36.9 Å². The van der Waals surface area contributed by atoms with E-state index in [-0.39, 0.29) is 0 Å². The summed E-state index contributed by atoms with van der Waals surface area (Å²) in [6.07, 6.45) is 70.9. The molecule has 68 heavy (non-hydrogen) atoms. The zero-order valence-corrected chi connectivity index (χ0v) is 45.6. The second-order valence-electron chi connectivity index (χ2n) is 21.0. The third-order valence-corrected chi connectivity index (χ3v) is 14.3. The maximum absolute atomic E-state index is 12.6. The van der Waals surface area contributed by atoms with Gasteiger partial charge >= 0.3 is 0 Å². The SMILES string of the molecule is CCCCCCCCCCCCCC/C=C\CCCCCCCCCCCCCCCC(O)C(=O)NC(CO)C(O)C(O)CCC/C=C/CC/C=C/CCCCCCCCCCCCCCCC. The van der Waals surface area contributed by atoms with Crippen molar-refractivity contribution in [1.82, 2.24) is 5.32 Å². The molecule has 0 saturated carbocycles. The van der Waals surface area contributed by atoms with Crippen molar-refractivity contribution in [3.63, 3.8) is 0 Å². The van der Waals surface area contributed by atoms with Crippen molar-refractivity contribution in [2.24, 2.45) is 0 Å². The van der Waals surface area contributed by atoms with E-state index in [1.54, 1.807) is 0 Å². The molecule has 6 nitrogen and oxygen atoms in total. The predicted octanol–water partition coefficient (Wildman–Crippen LogP) is 18.0. The minimum Gasteiger partial charge on any atom is -0.394 e. The summed E-state index contributed by atoms with van der Waals surface area (Å²) in [5, 5.41) is 44.0. The third-order valence-electron chi connectivity index (χ3n) is 14.3. The molecule has 6 heteroatoms. The molecule has 5 N–H and O–H groups in total. The van der Waals surface area contributed by atoms with Crippen LogP contribution in [0, 0.1) is 0 Å². The molecule has 1 amide bonds. The number of amides is 1. The molecule has 0 bridgehead atoms. The number of carbonyl (C=O) groups excluding carboxylic acids is 1. The normalized spacial score (nSPS) is 13.9. The Morgan fingerprint density at radius 2 is 0.618 bits per heavy atom. The molecule has 402 valence electrons. The number of hydrogen-bond acceptors (Lipinski definition) is 5. The number of allylic oxidation sites excluding steroid dienone is 6. The summed E-state index contributed by atoms with van der Waals surface area (Å²) in [6, 6.07) is -1.01.